The van der Waals surface area contributed by atoms with Crippen LogP contribution >= 0.6 is 11.6 Å². The standard InChI is InChI=1S/C15H22ClN3O2/c1-3-17-13-9-11(8-12(16)19-13)14(20)18-10-15(4-5-15)6-7-21-2/h8-9H,3-7,10H2,1-2H3,(H,17,19)(H,18,20). The predicted molar refractivity (Wildman–Crippen MR) is 83.9 cm³/mol. The predicted octanol–water partition coefficient (Wildman–Crippen LogP) is 2.71. The molecule has 2 N–H and O–H groups in total. The molecule has 0 saturated heterocycles. The number of aromatic nitrogens is 1. The first kappa shape index (κ1) is 16.0. The molecule has 1 heterocycles. The molecule has 0 spiro atoms. The minimum Gasteiger partial charge on any atom is -0.385 e. The van der Waals surface area contributed by atoms with Gasteiger partial charge in [-0.3, -0.25) is 4.79 Å². The Morgan fingerprint density at radius 1 is 1.48 bits per heavy atom. The SMILES string of the molecule is CCNc1cc(C(=O)NCC2(CCOC)CC2)cc(Cl)n1. The first-order chi connectivity index (χ1) is 10.1. The van der Waals surface area contributed by atoms with Crippen molar-refractivity contribution < 1.29 is 9.53 Å². The Kier molecular flexibility index (Phi) is 5.42. The van der Waals surface area contributed by atoms with E-state index in [0.29, 0.717) is 23.1 Å². The molecule has 0 atom stereocenters. The van der Waals surface area contributed by atoms with Gasteiger partial charge in [0.25, 0.3) is 5.91 Å². The highest BCUT2D eigenvalue weighted by Crippen LogP contribution is 2.48. The Labute approximate surface area is 130 Å². The van der Waals surface area contributed by atoms with Crippen molar-refractivity contribution in [3.05, 3.63) is 22.8 Å². The number of amides is 1. The molecule has 0 bridgehead atoms. The second-order valence-electron chi connectivity index (χ2n) is 5.52. The molecule has 0 aliphatic heterocycles. The molecule has 1 amide bonds. The van der Waals surface area contributed by atoms with Crippen molar-refractivity contribution in [3.63, 3.8) is 0 Å². The molecule has 0 aromatic carbocycles. The first-order valence-electron chi connectivity index (χ1n) is 7.27. The van der Waals surface area contributed by atoms with Crippen LogP contribution in [-0.4, -0.2) is 37.7 Å². The molecule has 1 aromatic heterocycles. The summed E-state index contributed by atoms with van der Waals surface area (Å²) in [6.07, 6.45) is 3.29. The zero-order chi connectivity index (χ0) is 15.3. The van der Waals surface area contributed by atoms with Gasteiger partial charge in [0.05, 0.1) is 0 Å². The van der Waals surface area contributed by atoms with E-state index in [1.54, 1.807) is 19.2 Å². The Balaban J connectivity index is 1.94. The van der Waals surface area contributed by atoms with Gasteiger partial charge in [-0.15, -0.1) is 0 Å². The molecule has 21 heavy (non-hydrogen) atoms. The van der Waals surface area contributed by atoms with Gasteiger partial charge in [0.1, 0.15) is 11.0 Å². The molecule has 116 valence electrons. The fraction of sp³-hybridized carbons (Fsp3) is 0.600. The maximum absolute atomic E-state index is 12.2. The number of nitrogens with zero attached hydrogens (tertiary/aromatic N) is 1. The second-order valence-corrected chi connectivity index (χ2v) is 5.91. The summed E-state index contributed by atoms with van der Waals surface area (Å²) in [4.78, 5) is 16.4. The summed E-state index contributed by atoms with van der Waals surface area (Å²) in [6, 6.07) is 3.31. The lowest BCUT2D eigenvalue weighted by Crippen LogP contribution is -2.31. The molecule has 1 saturated carbocycles. The topological polar surface area (TPSA) is 63.2 Å². The smallest absolute Gasteiger partial charge is 0.251 e. The van der Waals surface area contributed by atoms with Gasteiger partial charge in [-0.25, -0.2) is 4.98 Å². The molecule has 1 fully saturated rings. The number of hydrogen-bond acceptors (Lipinski definition) is 4. The maximum Gasteiger partial charge on any atom is 0.251 e. The second kappa shape index (κ2) is 7.09. The molecule has 0 radical (unpaired) electrons. The van der Waals surface area contributed by atoms with Gasteiger partial charge >= 0.3 is 0 Å². The van der Waals surface area contributed by atoms with Gasteiger partial charge in [0, 0.05) is 32.4 Å². The van der Waals surface area contributed by atoms with Crippen LogP contribution in [-0.2, 0) is 4.74 Å². The molecular weight excluding hydrogens is 290 g/mol. The van der Waals surface area contributed by atoms with E-state index in [4.69, 9.17) is 16.3 Å². The summed E-state index contributed by atoms with van der Waals surface area (Å²) >= 11 is 5.95. The van der Waals surface area contributed by atoms with Crippen molar-refractivity contribution in [2.45, 2.75) is 26.2 Å². The molecule has 0 unspecified atom stereocenters. The number of rotatable bonds is 8. The van der Waals surface area contributed by atoms with E-state index >= 15 is 0 Å². The Morgan fingerprint density at radius 3 is 2.86 bits per heavy atom. The van der Waals surface area contributed by atoms with Crippen molar-refractivity contribution in [3.8, 4) is 0 Å². The van der Waals surface area contributed by atoms with Gasteiger partial charge < -0.3 is 15.4 Å². The third-order valence-corrected chi connectivity index (χ3v) is 4.03. The summed E-state index contributed by atoms with van der Waals surface area (Å²) in [7, 11) is 1.70. The van der Waals surface area contributed by atoms with E-state index in [2.05, 4.69) is 15.6 Å². The lowest BCUT2D eigenvalue weighted by molar-refractivity contribution is 0.0938. The van der Waals surface area contributed by atoms with Crippen LogP contribution in [0.15, 0.2) is 12.1 Å². The highest BCUT2D eigenvalue weighted by atomic mass is 35.5. The van der Waals surface area contributed by atoms with E-state index in [0.717, 1.165) is 32.4 Å². The summed E-state index contributed by atoms with van der Waals surface area (Å²) in [5, 5.41) is 6.38. The Morgan fingerprint density at radius 2 is 2.24 bits per heavy atom. The van der Waals surface area contributed by atoms with Crippen LogP contribution in [0.2, 0.25) is 5.15 Å². The van der Waals surface area contributed by atoms with Gasteiger partial charge in [-0.2, -0.15) is 0 Å². The van der Waals surface area contributed by atoms with Crippen LogP contribution in [0.4, 0.5) is 5.82 Å². The Bertz CT molecular complexity index is 504. The number of ether oxygens (including phenoxy) is 1. The van der Waals surface area contributed by atoms with E-state index in [9.17, 15) is 4.79 Å². The fourth-order valence-electron chi connectivity index (χ4n) is 2.28. The van der Waals surface area contributed by atoms with Crippen LogP contribution < -0.4 is 10.6 Å². The van der Waals surface area contributed by atoms with Crippen LogP contribution in [0, 0.1) is 5.41 Å². The van der Waals surface area contributed by atoms with Crippen molar-refractivity contribution in [1.29, 1.82) is 0 Å². The number of pyridine rings is 1. The fourth-order valence-corrected chi connectivity index (χ4v) is 2.49. The Hall–Kier alpha value is -1.33. The number of nitrogens with one attached hydrogen (secondary N) is 2. The lowest BCUT2D eigenvalue weighted by Gasteiger charge is -2.15. The zero-order valence-electron chi connectivity index (χ0n) is 12.5. The molecule has 5 nitrogen and oxygen atoms in total. The van der Waals surface area contributed by atoms with Crippen LogP contribution in [0.1, 0.15) is 36.5 Å². The van der Waals surface area contributed by atoms with Gasteiger partial charge in [-0.1, -0.05) is 11.6 Å². The first-order valence-corrected chi connectivity index (χ1v) is 7.65. The highest BCUT2D eigenvalue weighted by molar-refractivity contribution is 6.29. The monoisotopic (exact) mass is 311 g/mol. The number of hydrogen-bond donors (Lipinski definition) is 2. The normalized spacial score (nSPS) is 15.6. The van der Waals surface area contributed by atoms with Gasteiger partial charge in [0.15, 0.2) is 0 Å². The third kappa shape index (κ3) is 4.58. The average molecular weight is 312 g/mol. The lowest BCUT2D eigenvalue weighted by atomic mass is 10.0. The third-order valence-electron chi connectivity index (χ3n) is 3.83. The van der Waals surface area contributed by atoms with Crippen molar-refractivity contribution in [2.24, 2.45) is 5.41 Å². The van der Waals surface area contributed by atoms with E-state index in [1.807, 2.05) is 6.92 Å². The zero-order valence-corrected chi connectivity index (χ0v) is 13.3. The minimum absolute atomic E-state index is 0.109. The number of carbonyl (C=O) groups excluding carboxylic acids is 1. The van der Waals surface area contributed by atoms with Crippen LogP contribution in [0.5, 0.6) is 0 Å². The quantitative estimate of drug-likeness (QED) is 0.725. The maximum atomic E-state index is 12.2. The van der Waals surface area contributed by atoms with Crippen molar-refractivity contribution in [2.75, 3.05) is 32.1 Å². The summed E-state index contributed by atoms with van der Waals surface area (Å²) < 4.78 is 5.12. The van der Waals surface area contributed by atoms with Gasteiger partial charge in [0.2, 0.25) is 0 Å². The molecule has 6 heteroatoms. The van der Waals surface area contributed by atoms with Crippen LogP contribution in [0.25, 0.3) is 0 Å². The number of methoxy groups -OCH3 is 1. The summed E-state index contributed by atoms with van der Waals surface area (Å²) in [6.45, 7) is 4.12. The number of anilines is 1. The van der Waals surface area contributed by atoms with Crippen molar-refractivity contribution >= 4 is 23.3 Å². The van der Waals surface area contributed by atoms with E-state index < -0.39 is 0 Å². The number of halogens is 1. The van der Waals surface area contributed by atoms with E-state index in [1.165, 1.54) is 0 Å². The van der Waals surface area contributed by atoms with Crippen molar-refractivity contribution in [1.82, 2.24) is 10.3 Å². The van der Waals surface area contributed by atoms with Crippen LogP contribution in [0.3, 0.4) is 0 Å². The molecule has 1 aliphatic rings. The largest absolute Gasteiger partial charge is 0.385 e. The molecule has 1 aromatic rings. The number of carbonyl (C=O) groups is 1. The van der Waals surface area contributed by atoms with Gasteiger partial charge in [-0.05, 0) is 43.7 Å². The average Bonchev–Trinajstić information content (AvgIpc) is 3.23. The van der Waals surface area contributed by atoms with E-state index in [-0.39, 0.29) is 11.3 Å². The summed E-state index contributed by atoms with van der Waals surface area (Å²) in [5.74, 6) is 0.512. The summed E-state index contributed by atoms with van der Waals surface area (Å²) in [5.41, 5.74) is 0.765. The molecular formula is C15H22ClN3O2. The minimum atomic E-state index is -0.109. The molecule has 2 rings (SSSR count). The molecule has 1 aliphatic carbocycles. The highest BCUT2D eigenvalue weighted by Gasteiger charge is 2.42.